The number of H-pyrrole nitrogens is 1. The number of hydrogen-bond acceptors (Lipinski definition) is 3. The van der Waals surface area contributed by atoms with Crippen molar-refractivity contribution in [3.05, 3.63) is 126 Å². The number of nitrogens with one attached hydrogen (secondary N) is 1. The lowest BCUT2D eigenvalue weighted by molar-refractivity contribution is -0.132. The molecule has 2 amide bonds. The third kappa shape index (κ3) is 7.52. The predicted molar refractivity (Wildman–Crippen MR) is 173 cm³/mol. The fourth-order valence-corrected chi connectivity index (χ4v) is 5.38. The molecule has 6 heteroatoms. The van der Waals surface area contributed by atoms with E-state index in [9.17, 15) is 9.59 Å². The first-order valence-electron chi connectivity index (χ1n) is 14.8. The average Bonchev–Trinajstić information content (AvgIpc) is 3.46. The van der Waals surface area contributed by atoms with Gasteiger partial charge in [0, 0.05) is 42.3 Å². The second kappa shape index (κ2) is 13.9. The first kappa shape index (κ1) is 29.6. The first-order chi connectivity index (χ1) is 20.9. The molecule has 0 aliphatic rings. The van der Waals surface area contributed by atoms with E-state index in [4.69, 9.17) is 4.74 Å². The Morgan fingerprint density at radius 1 is 0.791 bits per heavy atom. The van der Waals surface area contributed by atoms with Gasteiger partial charge >= 0.3 is 0 Å². The maximum Gasteiger partial charge on any atom is 0.254 e. The van der Waals surface area contributed by atoms with Gasteiger partial charge in [-0.3, -0.25) is 9.59 Å². The number of aromatic amines is 1. The van der Waals surface area contributed by atoms with Crippen molar-refractivity contribution in [2.75, 3.05) is 26.7 Å². The molecule has 0 fully saturated rings. The topological polar surface area (TPSA) is 65.6 Å². The summed E-state index contributed by atoms with van der Waals surface area (Å²) in [5.41, 5.74) is 5.97. The van der Waals surface area contributed by atoms with Crippen molar-refractivity contribution in [2.24, 2.45) is 5.92 Å². The van der Waals surface area contributed by atoms with Gasteiger partial charge in [0.05, 0.1) is 7.11 Å². The average molecular weight is 574 g/mol. The number of benzene rings is 4. The number of ether oxygens (including phenoxy) is 1. The number of carbonyl (C=O) groups excluding carboxylic acids is 2. The van der Waals surface area contributed by atoms with Crippen molar-refractivity contribution in [2.45, 2.75) is 26.8 Å². The zero-order valence-electron chi connectivity index (χ0n) is 25.1. The van der Waals surface area contributed by atoms with Crippen LogP contribution in [0, 0.1) is 5.92 Å². The van der Waals surface area contributed by atoms with Gasteiger partial charge in [0.2, 0.25) is 5.91 Å². The van der Waals surface area contributed by atoms with Crippen molar-refractivity contribution < 1.29 is 14.3 Å². The molecule has 0 unspecified atom stereocenters. The molecule has 5 aromatic rings. The minimum atomic E-state index is -0.136. The van der Waals surface area contributed by atoms with Crippen LogP contribution in [0.1, 0.15) is 35.3 Å². The molecule has 0 aliphatic heterocycles. The number of carbonyl (C=O) groups is 2. The molecule has 5 rings (SSSR count). The highest BCUT2D eigenvalue weighted by Crippen LogP contribution is 2.22. The maximum absolute atomic E-state index is 14.0. The minimum absolute atomic E-state index is 0.0154. The van der Waals surface area contributed by atoms with Gasteiger partial charge in [0.25, 0.3) is 5.91 Å². The molecule has 220 valence electrons. The molecule has 0 bridgehead atoms. The Bertz CT molecular complexity index is 1640. The molecule has 0 radical (unpaired) electrons. The molecule has 6 nitrogen and oxygen atoms in total. The zero-order valence-corrected chi connectivity index (χ0v) is 25.1. The molecule has 4 aromatic carbocycles. The normalized spacial score (nSPS) is 11.1. The van der Waals surface area contributed by atoms with Crippen LogP contribution in [0.4, 0.5) is 0 Å². The van der Waals surface area contributed by atoms with E-state index in [0.29, 0.717) is 31.6 Å². The molecule has 1 aromatic heterocycles. The molecule has 43 heavy (non-hydrogen) atoms. The van der Waals surface area contributed by atoms with Gasteiger partial charge in [-0.05, 0) is 64.9 Å². The number of rotatable bonds is 12. The van der Waals surface area contributed by atoms with Crippen LogP contribution in [0.5, 0.6) is 5.75 Å². The molecule has 0 atom stereocenters. The molecular formula is C37H39N3O3. The van der Waals surface area contributed by atoms with Gasteiger partial charge in [-0.15, -0.1) is 0 Å². The van der Waals surface area contributed by atoms with E-state index < -0.39 is 0 Å². The van der Waals surface area contributed by atoms with E-state index in [2.05, 4.69) is 31.0 Å². The molecule has 0 spiro atoms. The Balaban J connectivity index is 1.35. The predicted octanol–water partition coefficient (Wildman–Crippen LogP) is 7.21. The summed E-state index contributed by atoms with van der Waals surface area (Å²) < 4.78 is 5.32. The van der Waals surface area contributed by atoms with Crippen LogP contribution in [-0.4, -0.2) is 53.3 Å². The molecule has 1 N–H and O–H groups in total. The van der Waals surface area contributed by atoms with Crippen LogP contribution < -0.4 is 4.74 Å². The summed E-state index contributed by atoms with van der Waals surface area (Å²) >= 11 is 0. The van der Waals surface area contributed by atoms with Crippen LogP contribution in [-0.2, 0) is 17.8 Å². The van der Waals surface area contributed by atoms with Gasteiger partial charge in [0.1, 0.15) is 12.3 Å². The molecular weight excluding hydrogens is 534 g/mol. The Morgan fingerprint density at radius 2 is 1.47 bits per heavy atom. The number of hydrogen-bond donors (Lipinski definition) is 1. The second-order valence-corrected chi connectivity index (χ2v) is 11.3. The molecule has 0 saturated carbocycles. The van der Waals surface area contributed by atoms with E-state index in [0.717, 1.165) is 38.9 Å². The number of fused-ring (bicyclic) bond motifs is 1. The molecule has 1 heterocycles. The lowest BCUT2D eigenvalue weighted by Gasteiger charge is -2.29. The van der Waals surface area contributed by atoms with Crippen molar-refractivity contribution in [3.63, 3.8) is 0 Å². The van der Waals surface area contributed by atoms with E-state index in [1.165, 1.54) is 0 Å². The van der Waals surface area contributed by atoms with Crippen LogP contribution in [0.3, 0.4) is 0 Å². The molecule has 0 saturated heterocycles. The van der Waals surface area contributed by atoms with Crippen LogP contribution >= 0.6 is 0 Å². The summed E-state index contributed by atoms with van der Waals surface area (Å²) in [5.74, 6) is 0.766. The lowest BCUT2D eigenvalue weighted by atomic mass is 10.0. The summed E-state index contributed by atoms with van der Waals surface area (Å²) in [5, 5.41) is 1.16. The summed E-state index contributed by atoms with van der Waals surface area (Å²) in [4.78, 5) is 34.6. The van der Waals surface area contributed by atoms with E-state index in [-0.39, 0.29) is 24.3 Å². The van der Waals surface area contributed by atoms with Crippen molar-refractivity contribution in [1.82, 2.24) is 14.8 Å². The Kier molecular flexibility index (Phi) is 9.57. The Morgan fingerprint density at radius 3 is 2.16 bits per heavy atom. The van der Waals surface area contributed by atoms with Gasteiger partial charge in [-0.2, -0.15) is 0 Å². The van der Waals surface area contributed by atoms with Crippen molar-refractivity contribution in [3.8, 4) is 16.9 Å². The molecule has 0 aliphatic carbocycles. The zero-order chi connectivity index (χ0) is 30.2. The van der Waals surface area contributed by atoms with E-state index in [1.54, 1.807) is 12.0 Å². The van der Waals surface area contributed by atoms with Crippen molar-refractivity contribution >= 4 is 22.7 Å². The van der Waals surface area contributed by atoms with Gasteiger partial charge in [-0.25, -0.2) is 0 Å². The minimum Gasteiger partial charge on any atom is -0.497 e. The quantitative estimate of drug-likeness (QED) is 0.171. The van der Waals surface area contributed by atoms with Crippen LogP contribution in [0.15, 0.2) is 109 Å². The fraction of sp³-hybridized carbons (Fsp3) is 0.243. The van der Waals surface area contributed by atoms with Gasteiger partial charge in [0.15, 0.2) is 0 Å². The number of amides is 2. The van der Waals surface area contributed by atoms with E-state index in [1.807, 2.05) is 102 Å². The number of aromatic nitrogens is 1. The lowest BCUT2D eigenvalue weighted by Crippen LogP contribution is -2.44. The van der Waals surface area contributed by atoms with Gasteiger partial charge < -0.3 is 19.5 Å². The second-order valence-electron chi connectivity index (χ2n) is 11.3. The van der Waals surface area contributed by atoms with Crippen LogP contribution in [0.2, 0.25) is 0 Å². The third-order valence-corrected chi connectivity index (χ3v) is 7.65. The smallest absolute Gasteiger partial charge is 0.254 e. The Hall–Kier alpha value is -4.84. The standard InChI is InChI=1S/C37H39N3O3/c1-27(2)24-40(37(42)31-17-15-30(16-18-31)29-9-5-4-6-10-29)26-36(41)39(25-28-13-19-33(43-3)20-14-28)22-21-32-23-38-35-12-8-7-11-34(32)35/h4-20,23,27,38H,21-22,24-26H2,1-3H3. The van der Waals surface area contributed by atoms with Gasteiger partial charge in [-0.1, -0.05) is 86.6 Å². The van der Waals surface area contributed by atoms with Crippen molar-refractivity contribution in [1.29, 1.82) is 0 Å². The summed E-state index contributed by atoms with van der Waals surface area (Å²) in [6.45, 7) is 5.61. The first-order valence-corrected chi connectivity index (χ1v) is 14.8. The van der Waals surface area contributed by atoms with Crippen LogP contribution in [0.25, 0.3) is 22.0 Å². The highest BCUT2D eigenvalue weighted by molar-refractivity contribution is 5.97. The Labute approximate surface area is 253 Å². The highest BCUT2D eigenvalue weighted by atomic mass is 16.5. The fourth-order valence-electron chi connectivity index (χ4n) is 5.38. The van der Waals surface area contributed by atoms with E-state index >= 15 is 0 Å². The number of para-hydroxylation sites is 1. The number of methoxy groups -OCH3 is 1. The largest absolute Gasteiger partial charge is 0.497 e. The SMILES string of the molecule is COc1ccc(CN(CCc2c[nH]c3ccccc23)C(=O)CN(CC(C)C)C(=O)c2ccc(-c3ccccc3)cc2)cc1. The highest BCUT2D eigenvalue weighted by Gasteiger charge is 2.24. The maximum atomic E-state index is 14.0. The summed E-state index contributed by atoms with van der Waals surface area (Å²) in [7, 11) is 1.64. The monoisotopic (exact) mass is 573 g/mol. The summed E-state index contributed by atoms with van der Waals surface area (Å²) in [6.07, 6.45) is 2.72. The third-order valence-electron chi connectivity index (χ3n) is 7.65. The summed E-state index contributed by atoms with van der Waals surface area (Å²) in [6, 6.07) is 33.7. The number of nitrogens with zero attached hydrogens (tertiary/aromatic N) is 2.